The minimum atomic E-state index is -3.91. The van der Waals surface area contributed by atoms with E-state index < -0.39 is 18.0 Å². The molecule has 0 saturated carbocycles. The molecule has 5 heteroatoms. The van der Waals surface area contributed by atoms with Gasteiger partial charge in [-0.3, -0.25) is 0 Å². The van der Waals surface area contributed by atoms with Crippen molar-refractivity contribution in [3.63, 3.8) is 0 Å². The SMILES string of the molecule is CCC(C)(C)c1ccc(C(C)(C)CC)[n]1[Ti]([O]C(C)C)([O]C(C)C)[O]C(C)C. The van der Waals surface area contributed by atoms with Crippen LogP contribution >= 0.6 is 0 Å². The molecule has 0 amide bonds. The maximum absolute atomic E-state index is 6.67. The average molecular weight is 431 g/mol. The fourth-order valence-corrected chi connectivity index (χ4v) is 8.93. The van der Waals surface area contributed by atoms with Crippen LogP contribution in [0.3, 0.4) is 0 Å². The van der Waals surface area contributed by atoms with Crippen molar-refractivity contribution in [3.8, 4) is 0 Å². The molecule has 0 spiro atoms. The standard InChI is InChI=1S/C14H24N.3C3H7O.Ti/c1-7-13(3,4)11-9-10-12(15-11)14(5,6)8-2;3*1-3(2)4;/h9-10H,7-8H2,1-6H3;3*3H,1-2H3;/q4*-1;+4. The van der Waals surface area contributed by atoms with Crippen molar-refractivity contribution < 1.29 is 28.0 Å². The van der Waals surface area contributed by atoms with Gasteiger partial charge >= 0.3 is 180 Å². The van der Waals surface area contributed by atoms with Crippen LogP contribution in [0.2, 0.25) is 0 Å². The molecule has 0 unspecified atom stereocenters. The van der Waals surface area contributed by atoms with Crippen molar-refractivity contribution in [2.75, 3.05) is 0 Å². The molecule has 1 aromatic heterocycles. The van der Waals surface area contributed by atoms with Gasteiger partial charge < -0.3 is 0 Å². The fourth-order valence-electron chi connectivity index (χ4n) is 3.29. The Balaban J connectivity index is 3.93. The summed E-state index contributed by atoms with van der Waals surface area (Å²) >= 11 is -3.91. The van der Waals surface area contributed by atoms with Gasteiger partial charge in [0.25, 0.3) is 0 Å². The Labute approximate surface area is 179 Å². The number of rotatable bonds is 11. The van der Waals surface area contributed by atoms with Crippen LogP contribution in [0, 0.1) is 0 Å². The Bertz CT molecular complexity index is 557. The van der Waals surface area contributed by atoms with Gasteiger partial charge in [0.2, 0.25) is 0 Å². The Morgan fingerprint density at radius 2 is 1.00 bits per heavy atom. The van der Waals surface area contributed by atoms with Crippen molar-refractivity contribution in [2.24, 2.45) is 0 Å². The van der Waals surface area contributed by atoms with E-state index in [1.54, 1.807) is 0 Å². The van der Waals surface area contributed by atoms with Crippen molar-refractivity contribution in [1.82, 2.24) is 3.05 Å². The van der Waals surface area contributed by atoms with Crippen LogP contribution in [-0.4, -0.2) is 21.4 Å². The number of hydrogen-bond acceptors (Lipinski definition) is 3. The van der Waals surface area contributed by atoms with Gasteiger partial charge in [-0.25, -0.2) is 0 Å². The number of hydrogen-bond donors (Lipinski definition) is 0. The third-order valence-corrected chi connectivity index (χ3v) is 10.7. The maximum atomic E-state index is 6.67. The van der Waals surface area contributed by atoms with Crippen LogP contribution in [0.5, 0.6) is 0 Å². The van der Waals surface area contributed by atoms with E-state index in [-0.39, 0.29) is 29.1 Å². The van der Waals surface area contributed by atoms with Gasteiger partial charge in [0.15, 0.2) is 0 Å². The fraction of sp³-hybridized carbons (Fsp3) is 0.826. The summed E-state index contributed by atoms with van der Waals surface area (Å²) < 4.78 is 22.4. The predicted octanol–water partition coefficient (Wildman–Crippen LogP) is 6.80. The van der Waals surface area contributed by atoms with E-state index in [1.165, 1.54) is 11.4 Å². The van der Waals surface area contributed by atoms with Gasteiger partial charge in [-0.15, -0.1) is 0 Å². The minimum absolute atomic E-state index is 0.000407. The topological polar surface area (TPSA) is 32.6 Å². The predicted molar refractivity (Wildman–Crippen MR) is 115 cm³/mol. The first-order valence-corrected chi connectivity index (χ1v) is 13.6. The molecule has 0 aliphatic heterocycles. The summed E-state index contributed by atoms with van der Waals surface area (Å²) in [6, 6.07) is 4.54. The van der Waals surface area contributed by atoms with E-state index in [1.807, 2.05) is 0 Å². The first-order valence-electron chi connectivity index (χ1n) is 11.0. The number of aromatic nitrogens is 1. The zero-order chi connectivity index (χ0) is 21.9. The van der Waals surface area contributed by atoms with E-state index in [4.69, 9.17) is 9.96 Å². The van der Waals surface area contributed by atoms with Crippen molar-refractivity contribution in [3.05, 3.63) is 23.5 Å². The molecular weight excluding hydrogens is 386 g/mol. The second-order valence-electron chi connectivity index (χ2n) is 9.94. The monoisotopic (exact) mass is 431 g/mol. The Morgan fingerprint density at radius 3 is 1.21 bits per heavy atom. The molecule has 0 saturated heterocycles. The molecule has 0 aliphatic rings. The molecule has 164 valence electrons. The Kier molecular flexibility index (Phi) is 9.06. The molecule has 4 nitrogen and oxygen atoms in total. The van der Waals surface area contributed by atoms with Gasteiger partial charge in [-0.05, 0) is 0 Å². The molecule has 0 atom stereocenters. The van der Waals surface area contributed by atoms with E-state index in [2.05, 4.69) is 98.3 Å². The van der Waals surface area contributed by atoms with Gasteiger partial charge in [-0.1, -0.05) is 0 Å². The Hall–Kier alpha value is -0.126. The summed E-state index contributed by atoms with van der Waals surface area (Å²) in [6.45, 7) is 26.1. The second-order valence-corrected chi connectivity index (χ2v) is 13.4. The molecule has 28 heavy (non-hydrogen) atoms. The molecule has 1 aromatic rings. The summed E-state index contributed by atoms with van der Waals surface area (Å²) in [4.78, 5) is 0. The molecule has 0 bridgehead atoms. The third-order valence-electron chi connectivity index (χ3n) is 5.46. The molecule has 0 N–H and O–H groups in total. The first-order chi connectivity index (χ1) is 12.7. The molecule has 1 rings (SSSR count). The Morgan fingerprint density at radius 1 is 0.714 bits per heavy atom. The zero-order valence-corrected chi connectivity index (χ0v) is 22.0. The van der Waals surface area contributed by atoms with Crippen molar-refractivity contribution in [2.45, 2.75) is 125 Å². The van der Waals surface area contributed by atoms with Crippen LogP contribution in [-0.2, 0) is 38.8 Å². The quantitative estimate of drug-likeness (QED) is 0.361. The van der Waals surface area contributed by atoms with E-state index >= 15 is 0 Å². The normalized spacial score (nSPS) is 14.0. The van der Waals surface area contributed by atoms with Gasteiger partial charge in [0.05, 0.1) is 0 Å². The van der Waals surface area contributed by atoms with Gasteiger partial charge in [-0.2, -0.15) is 0 Å². The first kappa shape index (κ1) is 25.9. The molecule has 0 radical (unpaired) electrons. The molecule has 1 heterocycles. The van der Waals surface area contributed by atoms with Crippen molar-refractivity contribution >= 4 is 0 Å². The van der Waals surface area contributed by atoms with Crippen LogP contribution in [0.4, 0.5) is 0 Å². The van der Waals surface area contributed by atoms with Gasteiger partial charge in [0, 0.05) is 0 Å². The third kappa shape index (κ3) is 5.95. The van der Waals surface area contributed by atoms with Crippen molar-refractivity contribution in [1.29, 1.82) is 0 Å². The summed E-state index contributed by atoms with van der Waals surface area (Å²) in [7, 11) is 0. The van der Waals surface area contributed by atoms with Crippen LogP contribution < -0.4 is 0 Å². The molecule has 0 aliphatic carbocycles. The second kappa shape index (κ2) is 9.79. The average Bonchev–Trinajstić information content (AvgIpc) is 3.00. The van der Waals surface area contributed by atoms with E-state index in [0.717, 1.165) is 12.8 Å². The van der Waals surface area contributed by atoms with Crippen LogP contribution in [0.25, 0.3) is 0 Å². The van der Waals surface area contributed by atoms with Gasteiger partial charge in [0.1, 0.15) is 0 Å². The molecule has 0 aromatic carbocycles. The summed E-state index contributed by atoms with van der Waals surface area (Å²) in [5.74, 6) is 0. The summed E-state index contributed by atoms with van der Waals surface area (Å²) in [5.41, 5.74) is 2.51. The number of nitrogens with zero attached hydrogens (tertiary/aromatic N) is 1. The van der Waals surface area contributed by atoms with Crippen LogP contribution in [0.1, 0.15) is 107 Å². The summed E-state index contributed by atoms with van der Waals surface area (Å²) in [5, 5.41) is 0. The zero-order valence-electron chi connectivity index (χ0n) is 20.5. The van der Waals surface area contributed by atoms with E-state index in [0.29, 0.717) is 0 Å². The van der Waals surface area contributed by atoms with E-state index in [9.17, 15) is 0 Å². The van der Waals surface area contributed by atoms with Crippen LogP contribution in [0.15, 0.2) is 12.1 Å². The molecular formula is C23H45NO3Ti. The summed E-state index contributed by atoms with van der Waals surface area (Å²) in [6.07, 6.45) is 2.14. The molecule has 0 fully saturated rings.